The fraction of sp³-hybridized carbons (Fsp3) is 0.278. The van der Waals surface area contributed by atoms with E-state index in [2.05, 4.69) is 33.4 Å². The molecule has 0 bridgehead atoms. The number of hydrogen-bond acceptors (Lipinski definition) is 6. The molecule has 4 rings (SSSR count). The number of fused-ring (bicyclic) bond motifs is 2. The van der Waals surface area contributed by atoms with Crippen molar-refractivity contribution in [2.75, 3.05) is 5.32 Å². The number of aryl methyl sites for hydroxylation is 3. The summed E-state index contributed by atoms with van der Waals surface area (Å²) in [5.41, 5.74) is 2.44. The Morgan fingerprint density at radius 1 is 1.33 bits per heavy atom. The number of aromatic nitrogens is 5. The average Bonchev–Trinajstić information content (AvgIpc) is 3.23. The van der Waals surface area contributed by atoms with E-state index in [1.807, 2.05) is 12.1 Å². The molecule has 0 aliphatic heterocycles. The molecular formula is C18H18N6O2S. The van der Waals surface area contributed by atoms with Crippen LogP contribution in [0.4, 0.5) is 5.13 Å². The molecule has 1 aromatic carbocycles. The Labute approximate surface area is 158 Å². The van der Waals surface area contributed by atoms with Crippen LogP contribution in [0.2, 0.25) is 0 Å². The van der Waals surface area contributed by atoms with Gasteiger partial charge in [0, 0.05) is 20.0 Å². The van der Waals surface area contributed by atoms with Gasteiger partial charge in [-0.2, -0.15) is 5.10 Å². The van der Waals surface area contributed by atoms with Crippen molar-refractivity contribution >= 4 is 43.6 Å². The van der Waals surface area contributed by atoms with Crippen molar-refractivity contribution in [1.29, 1.82) is 0 Å². The van der Waals surface area contributed by atoms with Crippen LogP contribution < -0.4 is 10.9 Å². The Kier molecular flexibility index (Phi) is 4.44. The molecule has 0 unspecified atom stereocenters. The van der Waals surface area contributed by atoms with Crippen molar-refractivity contribution in [3.05, 3.63) is 46.6 Å². The zero-order chi connectivity index (χ0) is 19.0. The normalized spacial score (nSPS) is 11.3. The van der Waals surface area contributed by atoms with Gasteiger partial charge in [0.05, 0.1) is 22.7 Å². The highest BCUT2D eigenvalue weighted by Gasteiger charge is 2.11. The minimum atomic E-state index is -0.201. The molecule has 3 heterocycles. The van der Waals surface area contributed by atoms with E-state index in [1.54, 1.807) is 11.7 Å². The van der Waals surface area contributed by atoms with E-state index in [0.29, 0.717) is 16.2 Å². The van der Waals surface area contributed by atoms with Crippen LogP contribution in [-0.2, 0) is 24.8 Å². The monoisotopic (exact) mass is 382 g/mol. The third-order valence-electron chi connectivity index (χ3n) is 4.41. The third kappa shape index (κ3) is 3.33. The van der Waals surface area contributed by atoms with E-state index in [-0.39, 0.29) is 24.4 Å². The van der Waals surface area contributed by atoms with Gasteiger partial charge in [-0.3, -0.25) is 18.8 Å². The highest BCUT2D eigenvalue weighted by atomic mass is 32.1. The molecule has 4 aromatic rings. The first-order valence-electron chi connectivity index (χ1n) is 8.61. The number of rotatable bonds is 5. The van der Waals surface area contributed by atoms with Crippen molar-refractivity contribution in [1.82, 2.24) is 24.3 Å². The van der Waals surface area contributed by atoms with Gasteiger partial charge in [0.1, 0.15) is 5.39 Å². The fourth-order valence-electron chi connectivity index (χ4n) is 2.87. The molecule has 0 aliphatic rings. The van der Waals surface area contributed by atoms with E-state index >= 15 is 0 Å². The summed E-state index contributed by atoms with van der Waals surface area (Å²) in [6, 6.07) is 6.10. The van der Waals surface area contributed by atoms with Crippen LogP contribution in [0.1, 0.15) is 18.9 Å². The molecule has 27 heavy (non-hydrogen) atoms. The van der Waals surface area contributed by atoms with Crippen molar-refractivity contribution in [3.63, 3.8) is 0 Å². The summed E-state index contributed by atoms with van der Waals surface area (Å²) >= 11 is 1.45. The van der Waals surface area contributed by atoms with Crippen molar-refractivity contribution < 1.29 is 4.79 Å². The van der Waals surface area contributed by atoms with Crippen LogP contribution in [-0.4, -0.2) is 30.2 Å². The first kappa shape index (κ1) is 17.3. The van der Waals surface area contributed by atoms with Crippen LogP contribution in [0.5, 0.6) is 0 Å². The number of anilines is 1. The van der Waals surface area contributed by atoms with Crippen LogP contribution in [0.15, 0.2) is 35.5 Å². The molecular weight excluding hydrogens is 364 g/mol. The van der Waals surface area contributed by atoms with Gasteiger partial charge in [-0.1, -0.05) is 24.3 Å². The molecule has 8 nitrogen and oxygen atoms in total. The number of nitrogens with one attached hydrogen (secondary N) is 1. The average molecular weight is 382 g/mol. The van der Waals surface area contributed by atoms with E-state index < -0.39 is 0 Å². The largest absolute Gasteiger partial charge is 0.302 e. The minimum Gasteiger partial charge on any atom is -0.302 e. The van der Waals surface area contributed by atoms with Gasteiger partial charge < -0.3 is 5.32 Å². The lowest BCUT2D eigenvalue weighted by atomic mass is 10.2. The summed E-state index contributed by atoms with van der Waals surface area (Å²) in [7, 11) is 1.73. The number of carbonyl (C=O) groups is 1. The first-order chi connectivity index (χ1) is 13.0. The van der Waals surface area contributed by atoms with E-state index in [4.69, 9.17) is 0 Å². The Hall–Kier alpha value is -3.07. The lowest BCUT2D eigenvalue weighted by Gasteiger charge is -2.05. The van der Waals surface area contributed by atoms with Gasteiger partial charge in [-0.15, -0.1) is 0 Å². The minimum absolute atomic E-state index is 0.156. The quantitative estimate of drug-likeness (QED) is 0.572. The highest BCUT2D eigenvalue weighted by Crippen LogP contribution is 2.27. The van der Waals surface area contributed by atoms with Crippen LogP contribution in [0, 0.1) is 0 Å². The molecule has 138 valence electrons. The van der Waals surface area contributed by atoms with E-state index in [1.165, 1.54) is 34.0 Å². The molecule has 0 saturated carbocycles. The lowest BCUT2D eigenvalue weighted by molar-refractivity contribution is -0.116. The van der Waals surface area contributed by atoms with Crippen LogP contribution in [0.25, 0.3) is 21.3 Å². The zero-order valence-electron chi connectivity index (χ0n) is 15.0. The smallest absolute Gasteiger partial charge is 0.264 e. The van der Waals surface area contributed by atoms with Gasteiger partial charge in [-0.25, -0.2) is 9.97 Å². The van der Waals surface area contributed by atoms with E-state index in [0.717, 1.165) is 16.6 Å². The summed E-state index contributed by atoms with van der Waals surface area (Å²) in [5.74, 6) is -0.192. The number of nitrogens with zero attached hydrogens (tertiary/aromatic N) is 5. The number of thiazole rings is 1. The Bertz CT molecular complexity index is 1210. The molecule has 0 atom stereocenters. The number of benzene rings is 1. The second-order valence-corrected chi connectivity index (χ2v) is 7.25. The van der Waals surface area contributed by atoms with Gasteiger partial charge >= 0.3 is 0 Å². The topological polar surface area (TPSA) is 94.7 Å². The number of hydrogen-bond donors (Lipinski definition) is 1. The maximum atomic E-state index is 12.4. The molecule has 3 aromatic heterocycles. The highest BCUT2D eigenvalue weighted by molar-refractivity contribution is 7.22. The summed E-state index contributed by atoms with van der Waals surface area (Å²) in [5, 5.41) is 7.86. The van der Waals surface area contributed by atoms with Gasteiger partial charge in [-0.05, 0) is 24.1 Å². The third-order valence-corrected chi connectivity index (χ3v) is 5.34. The first-order valence-corrected chi connectivity index (χ1v) is 9.43. The molecule has 0 fully saturated rings. The lowest BCUT2D eigenvalue weighted by Crippen LogP contribution is -2.23. The Balaban J connectivity index is 1.45. The molecule has 1 N–H and O–H groups in total. The predicted octanol–water partition coefficient (Wildman–Crippen LogP) is 2.33. The molecule has 0 spiro atoms. The van der Waals surface area contributed by atoms with Crippen molar-refractivity contribution in [2.24, 2.45) is 7.05 Å². The second kappa shape index (κ2) is 6.92. The summed E-state index contributed by atoms with van der Waals surface area (Å²) < 4.78 is 4.02. The molecule has 0 radical (unpaired) electrons. The Morgan fingerprint density at radius 2 is 2.19 bits per heavy atom. The number of amides is 1. The second-order valence-electron chi connectivity index (χ2n) is 6.22. The maximum Gasteiger partial charge on any atom is 0.264 e. The summed E-state index contributed by atoms with van der Waals surface area (Å²) in [6.45, 7) is 2.35. The summed E-state index contributed by atoms with van der Waals surface area (Å²) in [6.07, 6.45) is 4.06. The molecule has 1 amide bonds. The van der Waals surface area contributed by atoms with Gasteiger partial charge in [0.15, 0.2) is 10.8 Å². The van der Waals surface area contributed by atoms with Gasteiger partial charge in [0.25, 0.3) is 5.56 Å². The molecule has 0 saturated heterocycles. The molecule has 0 aliphatic carbocycles. The summed E-state index contributed by atoms with van der Waals surface area (Å²) in [4.78, 5) is 33.4. The zero-order valence-corrected chi connectivity index (χ0v) is 15.8. The SMILES string of the molecule is CCc1ccc2nc(NC(=O)CCn3cnc4c(cnn4C)c3=O)sc2c1. The van der Waals surface area contributed by atoms with Crippen LogP contribution >= 0.6 is 11.3 Å². The Morgan fingerprint density at radius 3 is 3.00 bits per heavy atom. The molecule has 9 heteroatoms. The maximum absolute atomic E-state index is 12.4. The van der Waals surface area contributed by atoms with Crippen molar-refractivity contribution in [2.45, 2.75) is 26.3 Å². The standard InChI is InChI=1S/C18H18N6O2S/c1-3-11-4-5-13-14(8-11)27-18(21-13)22-15(25)6-7-24-10-19-16-12(17(24)26)9-20-23(16)2/h4-5,8-10H,3,6-7H2,1-2H3,(H,21,22,25). The fourth-order valence-corrected chi connectivity index (χ4v) is 3.82. The van der Waals surface area contributed by atoms with Gasteiger partial charge in [0.2, 0.25) is 5.91 Å². The van der Waals surface area contributed by atoms with Crippen molar-refractivity contribution in [3.8, 4) is 0 Å². The van der Waals surface area contributed by atoms with E-state index in [9.17, 15) is 9.59 Å². The number of carbonyl (C=O) groups excluding carboxylic acids is 1. The predicted molar refractivity (Wildman–Crippen MR) is 105 cm³/mol. The van der Waals surface area contributed by atoms with Crippen LogP contribution in [0.3, 0.4) is 0 Å².